The number of hydrogen-bond donors (Lipinski definition) is 4. The van der Waals surface area contributed by atoms with Crippen molar-refractivity contribution in [3.8, 4) is 11.5 Å². The van der Waals surface area contributed by atoms with Crippen molar-refractivity contribution in [1.29, 1.82) is 0 Å². The smallest absolute Gasteiger partial charge is 0.251 e. The van der Waals surface area contributed by atoms with Crippen molar-refractivity contribution >= 4 is 27.3 Å². The number of aliphatic hydroxyl groups is 1. The van der Waals surface area contributed by atoms with Crippen molar-refractivity contribution < 1.29 is 27.8 Å². The lowest BCUT2D eigenvalue weighted by molar-refractivity contribution is 0.0830. The molecule has 2 atom stereocenters. The number of benzene rings is 3. The van der Waals surface area contributed by atoms with E-state index in [0.29, 0.717) is 60.9 Å². The number of aliphatic hydroxyl groups excluding tert-OH is 1. The molecule has 4 rings (SSSR count). The zero-order chi connectivity index (χ0) is 30.8. The van der Waals surface area contributed by atoms with E-state index in [2.05, 4.69) is 16.0 Å². The van der Waals surface area contributed by atoms with Crippen LogP contribution in [0.25, 0.3) is 0 Å². The van der Waals surface area contributed by atoms with E-state index in [0.717, 1.165) is 17.5 Å². The molecular formula is C32H42N4O6S. The molecule has 0 saturated carbocycles. The van der Waals surface area contributed by atoms with Crippen LogP contribution < -0.4 is 29.7 Å². The Morgan fingerprint density at radius 3 is 2.35 bits per heavy atom. The van der Waals surface area contributed by atoms with Gasteiger partial charge in [0.1, 0.15) is 11.5 Å². The second kappa shape index (κ2) is 15.1. The highest BCUT2D eigenvalue weighted by Gasteiger charge is 2.28. The second-order valence-electron chi connectivity index (χ2n) is 10.6. The highest BCUT2D eigenvalue weighted by atomic mass is 32.2. The van der Waals surface area contributed by atoms with E-state index in [9.17, 15) is 18.3 Å². The fourth-order valence-corrected chi connectivity index (χ4v) is 6.77. The predicted octanol–water partition coefficient (Wildman–Crippen LogP) is 3.56. The van der Waals surface area contributed by atoms with Crippen molar-refractivity contribution in [2.75, 3.05) is 49.2 Å². The molecule has 11 heteroatoms. The summed E-state index contributed by atoms with van der Waals surface area (Å²) in [5.41, 5.74) is 3.31. The number of anilines is 2. The van der Waals surface area contributed by atoms with Crippen LogP contribution in [0.5, 0.6) is 11.5 Å². The molecule has 232 valence electrons. The van der Waals surface area contributed by atoms with Gasteiger partial charge in [-0.3, -0.25) is 9.10 Å². The summed E-state index contributed by atoms with van der Waals surface area (Å²) >= 11 is 0. The monoisotopic (exact) mass is 610 g/mol. The minimum absolute atomic E-state index is 0.0842. The van der Waals surface area contributed by atoms with Gasteiger partial charge in [0, 0.05) is 43.5 Å². The zero-order valence-corrected chi connectivity index (χ0v) is 25.8. The summed E-state index contributed by atoms with van der Waals surface area (Å²) in [7, 11) is -0.276. The molecule has 1 heterocycles. The third kappa shape index (κ3) is 8.85. The van der Waals surface area contributed by atoms with Gasteiger partial charge in [0.2, 0.25) is 10.0 Å². The molecule has 1 amide bonds. The average Bonchev–Trinajstić information content (AvgIpc) is 3.00. The van der Waals surface area contributed by atoms with E-state index in [1.54, 1.807) is 38.5 Å². The summed E-state index contributed by atoms with van der Waals surface area (Å²) < 4.78 is 37.8. The molecule has 1 saturated heterocycles. The molecule has 43 heavy (non-hydrogen) atoms. The first-order valence-corrected chi connectivity index (χ1v) is 16.2. The first kappa shape index (κ1) is 32.1. The average molecular weight is 611 g/mol. The first-order chi connectivity index (χ1) is 20.7. The summed E-state index contributed by atoms with van der Waals surface area (Å²) in [6, 6.07) is 19.7. The second-order valence-corrected chi connectivity index (χ2v) is 12.6. The number of nitrogens with zero attached hydrogens (tertiary/aromatic N) is 1. The van der Waals surface area contributed by atoms with Crippen molar-refractivity contribution in [2.24, 2.45) is 0 Å². The van der Waals surface area contributed by atoms with E-state index in [1.807, 2.05) is 49.4 Å². The van der Waals surface area contributed by atoms with E-state index >= 15 is 0 Å². The molecule has 0 aliphatic carbocycles. The molecule has 1 aliphatic rings. The number of carbonyl (C=O) groups excluding carboxylic acids is 1. The van der Waals surface area contributed by atoms with E-state index in [1.165, 1.54) is 4.31 Å². The van der Waals surface area contributed by atoms with Crippen LogP contribution in [0.3, 0.4) is 0 Å². The molecular weight excluding hydrogens is 568 g/mol. The Kier molecular flexibility index (Phi) is 11.3. The Hall–Kier alpha value is -3.80. The minimum atomic E-state index is -3.46. The predicted molar refractivity (Wildman–Crippen MR) is 170 cm³/mol. The standard InChI is InChI=1S/C32H42N4O6S/c1-4-34-26-17-25(18-27(19-26)36-12-8-9-13-43(36,39)40)32(38)35-30(16-23-10-6-5-7-11-23)31(37)22-33-21-24-14-28(41-2)20-29(15-24)42-3/h5-7,10-11,14-15,17-20,30-31,33-34,37H,4,8-9,12-13,16,21-22H2,1-3H3,(H,35,38)/t30-,31+/m0/s1. The Morgan fingerprint density at radius 2 is 1.70 bits per heavy atom. The largest absolute Gasteiger partial charge is 0.497 e. The molecule has 0 aromatic heterocycles. The lowest BCUT2D eigenvalue weighted by Crippen LogP contribution is -2.48. The van der Waals surface area contributed by atoms with Crippen LogP contribution >= 0.6 is 0 Å². The van der Waals surface area contributed by atoms with Gasteiger partial charge in [0.15, 0.2) is 0 Å². The first-order valence-electron chi connectivity index (χ1n) is 14.6. The van der Waals surface area contributed by atoms with Crippen molar-refractivity contribution in [3.05, 3.63) is 83.4 Å². The lowest BCUT2D eigenvalue weighted by atomic mass is 10.00. The lowest BCUT2D eigenvalue weighted by Gasteiger charge is -2.29. The number of hydrogen-bond acceptors (Lipinski definition) is 8. The number of carbonyl (C=O) groups is 1. The van der Waals surface area contributed by atoms with Gasteiger partial charge in [-0.25, -0.2) is 8.42 Å². The molecule has 0 bridgehead atoms. The summed E-state index contributed by atoms with van der Waals surface area (Å²) in [5.74, 6) is 1.03. The fraction of sp³-hybridized carbons (Fsp3) is 0.406. The Labute approximate surface area is 254 Å². The van der Waals surface area contributed by atoms with Crippen molar-refractivity contribution in [3.63, 3.8) is 0 Å². The number of sulfonamides is 1. The van der Waals surface area contributed by atoms with Crippen LogP contribution in [0.4, 0.5) is 11.4 Å². The van der Waals surface area contributed by atoms with Crippen LogP contribution in [0, 0.1) is 0 Å². The number of amides is 1. The normalized spacial score (nSPS) is 15.8. The van der Waals surface area contributed by atoms with Gasteiger partial charge >= 0.3 is 0 Å². The zero-order valence-electron chi connectivity index (χ0n) is 25.0. The van der Waals surface area contributed by atoms with Gasteiger partial charge in [0.25, 0.3) is 5.91 Å². The quantitative estimate of drug-likeness (QED) is 0.218. The molecule has 10 nitrogen and oxygen atoms in total. The van der Waals surface area contributed by atoms with Crippen LogP contribution in [-0.4, -0.2) is 71.2 Å². The molecule has 4 N–H and O–H groups in total. The van der Waals surface area contributed by atoms with Gasteiger partial charge in [-0.1, -0.05) is 30.3 Å². The minimum Gasteiger partial charge on any atom is -0.497 e. The molecule has 3 aromatic rings. The van der Waals surface area contributed by atoms with Crippen LogP contribution in [0.1, 0.15) is 41.3 Å². The number of methoxy groups -OCH3 is 2. The van der Waals surface area contributed by atoms with Crippen LogP contribution in [-0.2, 0) is 23.0 Å². The Balaban J connectivity index is 1.53. The summed E-state index contributed by atoms with van der Waals surface area (Å²) in [6.45, 7) is 3.59. The Bertz CT molecular complexity index is 1450. The maximum atomic E-state index is 13.7. The van der Waals surface area contributed by atoms with E-state index < -0.39 is 28.1 Å². The topological polar surface area (TPSA) is 129 Å². The third-order valence-corrected chi connectivity index (χ3v) is 9.24. The summed E-state index contributed by atoms with van der Waals surface area (Å²) in [6.07, 6.45) is 0.864. The highest BCUT2D eigenvalue weighted by molar-refractivity contribution is 7.92. The fourth-order valence-electron chi connectivity index (χ4n) is 5.15. The van der Waals surface area contributed by atoms with Crippen LogP contribution in [0.15, 0.2) is 66.7 Å². The highest BCUT2D eigenvalue weighted by Crippen LogP contribution is 2.28. The van der Waals surface area contributed by atoms with E-state index in [4.69, 9.17) is 9.47 Å². The molecule has 0 radical (unpaired) electrons. The number of ether oxygens (including phenoxy) is 2. The molecule has 0 spiro atoms. The van der Waals surface area contributed by atoms with Crippen molar-refractivity contribution in [1.82, 2.24) is 10.6 Å². The summed E-state index contributed by atoms with van der Waals surface area (Å²) in [5, 5.41) is 20.8. The van der Waals surface area contributed by atoms with Gasteiger partial charge in [-0.05, 0) is 67.6 Å². The number of nitrogens with one attached hydrogen (secondary N) is 3. The molecule has 3 aromatic carbocycles. The maximum absolute atomic E-state index is 13.7. The van der Waals surface area contributed by atoms with Crippen LogP contribution in [0.2, 0.25) is 0 Å². The SMILES string of the molecule is CCNc1cc(C(=O)N[C@@H](Cc2ccccc2)[C@H](O)CNCc2cc(OC)cc(OC)c2)cc(N2CCCCS2(=O)=O)c1. The van der Waals surface area contributed by atoms with Gasteiger partial charge in [-0.2, -0.15) is 0 Å². The van der Waals surface area contributed by atoms with Crippen molar-refractivity contribution in [2.45, 2.75) is 44.9 Å². The van der Waals surface area contributed by atoms with E-state index in [-0.39, 0.29) is 12.3 Å². The van der Waals surface area contributed by atoms with Gasteiger partial charge < -0.3 is 30.5 Å². The molecule has 1 fully saturated rings. The maximum Gasteiger partial charge on any atom is 0.251 e. The van der Waals surface area contributed by atoms with Gasteiger partial charge in [-0.15, -0.1) is 0 Å². The Morgan fingerprint density at radius 1 is 0.977 bits per heavy atom. The molecule has 0 unspecified atom stereocenters. The summed E-state index contributed by atoms with van der Waals surface area (Å²) in [4.78, 5) is 13.7. The third-order valence-electron chi connectivity index (χ3n) is 7.37. The van der Waals surface area contributed by atoms with Gasteiger partial charge in [0.05, 0.1) is 37.8 Å². The number of rotatable bonds is 14. The molecule has 1 aliphatic heterocycles.